The topological polar surface area (TPSA) is 94.0 Å². The summed E-state index contributed by atoms with van der Waals surface area (Å²) in [6, 6.07) is 4.80. The van der Waals surface area contributed by atoms with Crippen LogP contribution in [0.5, 0.6) is 0 Å². The Balaban J connectivity index is 1.96. The molecule has 0 radical (unpaired) electrons. The third-order valence-electron chi connectivity index (χ3n) is 3.51. The van der Waals surface area contributed by atoms with E-state index in [0.717, 1.165) is 36.8 Å². The van der Waals surface area contributed by atoms with Gasteiger partial charge in [0.2, 0.25) is 0 Å². The van der Waals surface area contributed by atoms with E-state index in [2.05, 4.69) is 14.8 Å². The zero-order valence-corrected chi connectivity index (χ0v) is 12.3. The average Bonchev–Trinajstić information content (AvgIpc) is 2.68. The lowest BCUT2D eigenvalue weighted by Gasteiger charge is -2.09. The van der Waals surface area contributed by atoms with Crippen molar-refractivity contribution in [2.24, 2.45) is 0 Å². The highest BCUT2D eigenvalue weighted by atomic mass is 32.2. The molecule has 0 unspecified atom stereocenters. The van der Waals surface area contributed by atoms with E-state index in [1.807, 2.05) is 0 Å². The molecule has 0 amide bonds. The van der Waals surface area contributed by atoms with Gasteiger partial charge in [0.15, 0.2) is 5.16 Å². The van der Waals surface area contributed by atoms with E-state index >= 15 is 0 Å². The van der Waals surface area contributed by atoms with Crippen LogP contribution in [0.4, 0.5) is 5.69 Å². The molecular weight excluding hydrogens is 288 g/mol. The third-order valence-corrected chi connectivity index (χ3v) is 4.56. The number of rotatable bonds is 3. The minimum absolute atomic E-state index is 0.236. The Hall–Kier alpha value is -2.02. The molecule has 0 bridgehead atoms. The highest BCUT2D eigenvalue weighted by molar-refractivity contribution is 7.99. The number of fused-ring (bicyclic) bond motifs is 1. The molecule has 7 heteroatoms. The van der Waals surface area contributed by atoms with E-state index in [0.29, 0.717) is 10.6 Å². The fraction of sp³-hybridized carbons (Fsp3) is 0.357. The molecule has 0 aliphatic carbocycles. The maximum atomic E-state index is 11.3. The summed E-state index contributed by atoms with van der Waals surface area (Å²) in [7, 11) is 0. The van der Waals surface area contributed by atoms with Crippen LogP contribution in [0.3, 0.4) is 0 Å². The number of aryl methyl sites for hydroxylation is 1. The van der Waals surface area contributed by atoms with Gasteiger partial charge in [-0.15, -0.1) is 10.2 Å². The minimum Gasteiger partial charge on any atom is -0.478 e. The third kappa shape index (κ3) is 2.87. The number of anilines is 1. The summed E-state index contributed by atoms with van der Waals surface area (Å²) in [4.78, 5) is 11.9. The summed E-state index contributed by atoms with van der Waals surface area (Å²) in [6.45, 7) is 0.884. The molecule has 3 N–H and O–H groups in total. The SMILES string of the molecule is Nc1ccc(C(=O)O)c(Sc2nnc3n2CCCCC3)c1. The van der Waals surface area contributed by atoms with E-state index < -0.39 is 5.97 Å². The van der Waals surface area contributed by atoms with Gasteiger partial charge < -0.3 is 15.4 Å². The van der Waals surface area contributed by atoms with Gasteiger partial charge in [-0.25, -0.2) is 4.79 Å². The van der Waals surface area contributed by atoms with E-state index in [9.17, 15) is 9.90 Å². The number of aromatic carboxylic acids is 1. The largest absolute Gasteiger partial charge is 0.478 e. The van der Waals surface area contributed by atoms with Gasteiger partial charge in [-0.1, -0.05) is 6.42 Å². The molecular formula is C14H16N4O2S. The molecule has 1 aromatic carbocycles. The number of nitrogen functional groups attached to an aromatic ring is 1. The molecule has 6 nitrogen and oxygen atoms in total. The zero-order chi connectivity index (χ0) is 14.8. The first-order chi connectivity index (χ1) is 10.1. The smallest absolute Gasteiger partial charge is 0.336 e. The highest BCUT2D eigenvalue weighted by Crippen LogP contribution is 2.32. The van der Waals surface area contributed by atoms with Gasteiger partial charge in [-0.2, -0.15) is 0 Å². The molecule has 1 aliphatic rings. The van der Waals surface area contributed by atoms with Crippen molar-refractivity contribution in [1.82, 2.24) is 14.8 Å². The number of nitrogens with two attached hydrogens (primary N) is 1. The first kappa shape index (κ1) is 13.9. The zero-order valence-electron chi connectivity index (χ0n) is 11.5. The van der Waals surface area contributed by atoms with Crippen LogP contribution in [-0.2, 0) is 13.0 Å². The van der Waals surface area contributed by atoms with Crippen molar-refractivity contribution >= 4 is 23.4 Å². The summed E-state index contributed by atoms with van der Waals surface area (Å²) in [6.07, 6.45) is 4.34. The van der Waals surface area contributed by atoms with Crippen LogP contribution in [-0.4, -0.2) is 25.8 Å². The summed E-state index contributed by atoms with van der Waals surface area (Å²) in [5, 5.41) is 18.4. The Morgan fingerprint density at radius 1 is 1.29 bits per heavy atom. The second-order valence-corrected chi connectivity index (χ2v) is 6.03. The van der Waals surface area contributed by atoms with E-state index in [4.69, 9.17) is 5.73 Å². The summed E-state index contributed by atoms with van der Waals surface area (Å²) in [5.74, 6) is 0.0175. The number of carbonyl (C=O) groups is 1. The number of hydrogen-bond donors (Lipinski definition) is 2. The van der Waals surface area contributed by atoms with Crippen molar-refractivity contribution in [2.45, 2.75) is 42.3 Å². The van der Waals surface area contributed by atoms with Crippen molar-refractivity contribution in [3.8, 4) is 0 Å². The Kier molecular flexibility index (Phi) is 3.83. The molecule has 0 saturated carbocycles. The molecule has 1 aromatic heterocycles. The monoisotopic (exact) mass is 304 g/mol. The quantitative estimate of drug-likeness (QED) is 0.846. The van der Waals surface area contributed by atoms with Crippen LogP contribution < -0.4 is 5.73 Å². The van der Waals surface area contributed by atoms with Crippen molar-refractivity contribution < 1.29 is 9.90 Å². The molecule has 0 fully saturated rings. The van der Waals surface area contributed by atoms with Crippen LogP contribution in [0.25, 0.3) is 0 Å². The van der Waals surface area contributed by atoms with E-state index in [1.54, 1.807) is 12.1 Å². The molecule has 110 valence electrons. The first-order valence-corrected chi connectivity index (χ1v) is 7.69. The van der Waals surface area contributed by atoms with Gasteiger partial charge in [0.25, 0.3) is 0 Å². The van der Waals surface area contributed by atoms with Crippen LogP contribution in [0.1, 0.15) is 35.4 Å². The second-order valence-electron chi connectivity index (χ2n) is 5.02. The Morgan fingerprint density at radius 3 is 2.95 bits per heavy atom. The molecule has 21 heavy (non-hydrogen) atoms. The maximum absolute atomic E-state index is 11.3. The normalized spacial score (nSPS) is 14.5. The molecule has 2 aromatic rings. The van der Waals surface area contributed by atoms with Crippen molar-refractivity contribution in [3.05, 3.63) is 29.6 Å². The van der Waals surface area contributed by atoms with Gasteiger partial charge in [-0.3, -0.25) is 0 Å². The van der Waals surface area contributed by atoms with Gasteiger partial charge in [0, 0.05) is 23.5 Å². The van der Waals surface area contributed by atoms with Crippen LogP contribution in [0.15, 0.2) is 28.3 Å². The average molecular weight is 304 g/mol. The summed E-state index contributed by atoms with van der Waals surface area (Å²) >= 11 is 1.32. The number of carboxylic acid groups (broad SMARTS) is 1. The number of carboxylic acids is 1. The number of nitrogens with zero attached hydrogens (tertiary/aromatic N) is 3. The fourth-order valence-electron chi connectivity index (χ4n) is 2.43. The maximum Gasteiger partial charge on any atom is 0.336 e. The standard InChI is InChI=1S/C14H16N4O2S/c15-9-5-6-10(13(19)20)11(8-9)21-14-17-16-12-4-2-1-3-7-18(12)14/h5-6,8H,1-4,7,15H2,(H,19,20). The highest BCUT2D eigenvalue weighted by Gasteiger charge is 2.18. The van der Waals surface area contributed by atoms with Gasteiger partial charge in [0.1, 0.15) is 5.82 Å². The van der Waals surface area contributed by atoms with Crippen LogP contribution >= 0.6 is 11.8 Å². The Bertz CT molecular complexity index is 684. The number of aromatic nitrogens is 3. The number of hydrogen-bond acceptors (Lipinski definition) is 5. The lowest BCUT2D eigenvalue weighted by atomic mass is 10.2. The van der Waals surface area contributed by atoms with E-state index in [-0.39, 0.29) is 5.56 Å². The predicted octanol–water partition coefficient (Wildman–Crippen LogP) is 2.44. The molecule has 3 rings (SSSR count). The van der Waals surface area contributed by atoms with Gasteiger partial charge in [0.05, 0.1) is 5.56 Å². The van der Waals surface area contributed by atoms with Crippen LogP contribution in [0, 0.1) is 0 Å². The Morgan fingerprint density at radius 2 is 2.14 bits per heavy atom. The van der Waals surface area contributed by atoms with Gasteiger partial charge >= 0.3 is 5.97 Å². The molecule has 0 saturated heterocycles. The molecule has 0 atom stereocenters. The predicted molar refractivity (Wildman–Crippen MR) is 79.5 cm³/mol. The van der Waals surface area contributed by atoms with Crippen LogP contribution in [0.2, 0.25) is 0 Å². The van der Waals surface area contributed by atoms with Crippen molar-refractivity contribution in [1.29, 1.82) is 0 Å². The minimum atomic E-state index is -0.965. The molecule has 2 heterocycles. The van der Waals surface area contributed by atoms with Crippen molar-refractivity contribution in [3.63, 3.8) is 0 Å². The summed E-state index contributed by atoms with van der Waals surface area (Å²) in [5.41, 5.74) is 6.55. The Labute approximate surface area is 126 Å². The fourth-order valence-corrected chi connectivity index (χ4v) is 3.48. The molecule has 1 aliphatic heterocycles. The summed E-state index contributed by atoms with van der Waals surface area (Å²) < 4.78 is 2.09. The number of benzene rings is 1. The van der Waals surface area contributed by atoms with Gasteiger partial charge in [-0.05, 0) is 42.8 Å². The first-order valence-electron chi connectivity index (χ1n) is 6.88. The molecule has 0 spiro atoms. The second kappa shape index (κ2) is 5.77. The van der Waals surface area contributed by atoms with E-state index in [1.165, 1.54) is 24.2 Å². The lowest BCUT2D eigenvalue weighted by molar-refractivity contribution is 0.0693. The lowest BCUT2D eigenvalue weighted by Crippen LogP contribution is -2.04. The van der Waals surface area contributed by atoms with Crippen molar-refractivity contribution in [2.75, 3.05) is 5.73 Å².